The number of carbonyl (C=O) groups excluding carboxylic acids is 1. The van der Waals surface area contributed by atoms with Crippen molar-refractivity contribution in [2.45, 2.75) is 56.3 Å². The van der Waals surface area contributed by atoms with Crippen molar-refractivity contribution in [2.24, 2.45) is 4.99 Å². The van der Waals surface area contributed by atoms with Gasteiger partial charge in [0.1, 0.15) is 6.17 Å². The zero-order valence-corrected chi connectivity index (χ0v) is 14.0. The molecule has 2 aliphatic rings. The van der Waals surface area contributed by atoms with Crippen molar-refractivity contribution < 1.29 is 22.7 Å². The molecule has 0 radical (unpaired) electrons. The van der Waals surface area contributed by atoms with Gasteiger partial charge < -0.3 is 10.1 Å². The molecule has 2 unspecified atom stereocenters. The summed E-state index contributed by atoms with van der Waals surface area (Å²) in [4.78, 5) is 16.1. The molecule has 1 saturated heterocycles. The van der Waals surface area contributed by atoms with Crippen molar-refractivity contribution >= 4 is 23.9 Å². The second-order valence-electron chi connectivity index (χ2n) is 6.12. The van der Waals surface area contributed by atoms with Gasteiger partial charge in [-0.3, -0.25) is 9.79 Å². The maximum Gasteiger partial charge on any atom is 0.417 e. The van der Waals surface area contributed by atoms with Crippen LogP contribution in [0.2, 0.25) is 0 Å². The molecule has 0 bridgehead atoms. The van der Waals surface area contributed by atoms with E-state index >= 15 is 0 Å². The first-order valence-corrected chi connectivity index (χ1v) is 8.54. The second-order valence-corrected chi connectivity index (χ2v) is 7.76. The molecule has 0 aromatic rings. The lowest BCUT2D eigenvalue weighted by Gasteiger charge is -2.27. The fraction of sp³-hybridized carbons (Fsp3) is 0.733. The highest BCUT2D eigenvalue weighted by atomic mass is 32.2. The van der Waals surface area contributed by atoms with Gasteiger partial charge in [0.05, 0.1) is 16.4 Å². The number of halogens is 3. The molecule has 2 heterocycles. The average Bonchev–Trinajstić information content (AvgIpc) is 2.98. The zero-order valence-electron chi connectivity index (χ0n) is 13.2. The Kier molecular flexibility index (Phi) is 5.78. The van der Waals surface area contributed by atoms with Crippen LogP contribution >= 0.6 is 11.8 Å². The molecular formula is C15H21F3N2O2S. The molecule has 2 aliphatic heterocycles. The van der Waals surface area contributed by atoms with E-state index in [0.717, 1.165) is 37.5 Å². The number of hydrogen-bond donors (Lipinski definition) is 1. The Morgan fingerprint density at radius 1 is 1.48 bits per heavy atom. The number of hydrogen-bond acceptors (Lipinski definition) is 4. The van der Waals surface area contributed by atoms with Crippen molar-refractivity contribution in [3.8, 4) is 0 Å². The van der Waals surface area contributed by atoms with E-state index in [1.165, 1.54) is 11.8 Å². The molecule has 2 atom stereocenters. The van der Waals surface area contributed by atoms with Gasteiger partial charge in [-0.25, -0.2) is 0 Å². The van der Waals surface area contributed by atoms with Crippen LogP contribution in [0.15, 0.2) is 16.6 Å². The number of aliphatic imine (C=N–C) groups is 1. The van der Waals surface area contributed by atoms with Crippen molar-refractivity contribution in [1.82, 2.24) is 5.32 Å². The maximum atomic E-state index is 12.5. The third-order valence-corrected chi connectivity index (χ3v) is 5.23. The van der Waals surface area contributed by atoms with Crippen LogP contribution in [0, 0.1) is 0 Å². The van der Waals surface area contributed by atoms with E-state index in [-0.39, 0.29) is 18.4 Å². The van der Waals surface area contributed by atoms with Crippen LogP contribution in [0.5, 0.6) is 0 Å². The Morgan fingerprint density at radius 3 is 2.74 bits per heavy atom. The minimum absolute atomic E-state index is 0.0452. The van der Waals surface area contributed by atoms with Crippen LogP contribution in [-0.4, -0.2) is 47.7 Å². The predicted molar refractivity (Wildman–Crippen MR) is 84.7 cm³/mol. The molecule has 23 heavy (non-hydrogen) atoms. The number of nitrogens with zero attached hydrogens (tertiary/aromatic N) is 1. The van der Waals surface area contributed by atoms with Crippen LogP contribution in [0.25, 0.3) is 0 Å². The third kappa shape index (κ3) is 5.24. The molecule has 130 valence electrons. The summed E-state index contributed by atoms with van der Waals surface area (Å²) in [6, 6.07) is 0. The van der Waals surface area contributed by atoms with Crippen molar-refractivity contribution in [2.75, 3.05) is 12.4 Å². The van der Waals surface area contributed by atoms with Gasteiger partial charge in [-0.2, -0.15) is 13.2 Å². The fourth-order valence-electron chi connectivity index (χ4n) is 2.28. The second kappa shape index (κ2) is 7.25. The van der Waals surface area contributed by atoms with Gasteiger partial charge in [0.15, 0.2) is 0 Å². The summed E-state index contributed by atoms with van der Waals surface area (Å²) in [5.74, 6) is 0.499. The highest BCUT2D eigenvalue weighted by Crippen LogP contribution is 2.30. The third-order valence-electron chi connectivity index (χ3n) is 3.78. The Labute approximate surface area is 137 Å². The number of alkyl halides is 3. The molecule has 1 N–H and O–H groups in total. The van der Waals surface area contributed by atoms with Gasteiger partial charge in [-0.1, -0.05) is 6.08 Å². The summed E-state index contributed by atoms with van der Waals surface area (Å²) >= 11 is 1.49. The highest BCUT2D eigenvalue weighted by molar-refractivity contribution is 8.01. The highest BCUT2D eigenvalue weighted by Gasteiger charge is 2.35. The minimum atomic E-state index is -4.39. The van der Waals surface area contributed by atoms with E-state index < -0.39 is 22.7 Å². The van der Waals surface area contributed by atoms with E-state index in [2.05, 4.69) is 10.3 Å². The number of carbonyl (C=O) groups is 1. The summed E-state index contributed by atoms with van der Waals surface area (Å²) in [6.07, 6.45) is -0.928. The summed E-state index contributed by atoms with van der Waals surface area (Å²) in [7, 11) is 0. The lowest BCUT2D eigenvalue weighted by molar-refractivity contribution is -0.123. The number of allylic oxidation sites excluding steroid dienone is 1. The molecule has 8 heteroatoms. The van der Waals surface area contributed by atoms with Crippen LogP contribution in [-0.2, 0) is 9.53 Å². The molecule has 1 amide bonds. The number of amides is 1. The van der Waals surface area contributed by atoms with E-state index in [4.69, 9.17) is 4.74 Å². The van der Waals surface area contributed by atoms with Gasteiger partial charge in [-0.15, -0.1) is 11.8 Å². The van der Waals surface area contributed by atoms with Crippen LogP contribution in [0.3, 0.4) is 0 Å². The monoisotopic (exact) mass is 350 g/mol. The summed E-state index contributed by atoms with van der Waals surface area (Å²) in [5, 5.41) is 2.70. The van der Waals surface area contributed by atoms with Crippen molar-refractivity contribution in [3.63, 3.8) is 0 Å². The molecule has 2 rings (SSSR count). The van der Waals surface area contributed by atoms with Gasteiger partial charge in [0.25, 0.3) is 0 Å². The summed E-state index contributed by atoms with van der Waals surface area (Å²) in [6.45, 7) is 4.36. The normalized spacial score (nSPS) is 25.3. The van der Waals surface area contributed by atoms with E-state index in [1.54, 1.807) is 13.8 Å². The first kappa shape index (κ1) is 18.3. The Balaban J connectivity index is 1.82. The molecular weight excluding hydrogens is 329 g/mol. The zero-order chi connectivity index (χ0) is 17.1. The number of nitrogens with one attached hydrogen (secondary N) is 1. The maximum absolute atomic E-state index is 12.5. The first-order valence-electron chi connectivity index (χ1n) is 7.55. The van der Waals surface area contributed by atoms with E-state index in [0.29, 0.717) is 0 Å². The van der Waals surface area contributed by atoms with Crippen molar-refractivity contribution in [3.05, 3.63) is 11.6 Å². The topological polar surface area (TPSA) is 50.7 Å². The van der Waals surface area contributed by atoms with Gasteiger partial charge >= 0.3 is 6.18 Å². The molecule has 0 aromatic heterocycles. The number of ether oxygens (including phenoxy) is 1. The quantitative estimate of drug-likeness (QED) is 0.829. The predicted octanol–water partition coefficient (Wildman–Crippen LogP) is 3.08. The van der Waals surface area contributed by atoms with Crippen LogP contribution in [0.4, 0.5) is 13.2 Å². The number of rotatable bonds is 5. The van der Waals surface area contributed by atoms with Gasteiger partial charge in [0.2, 0.25) is 5.91 Å². The standard InChI is InChI=1S/C15H21F3N2O2S/c1-14(2,23-9-11-4-3-7-22-11)13(21)20-12-6-5-10(8-19-12)15(16,17)18/h5,8,11-12H,3-4,6-7,9H2,1-2H3,(H,20,21). The smallest absolute Gasteiger partial charge is 0.377 e. The molecule has 0 saturated carbocycles. The van der Waals surface area contributed by atoms with Gasteiger partial charge in [0, 0.05) is 25.0 Å². The molecule has 1 fully saturated rings. The minimum Gasteiger partial charge on any atom is -0.377 e. The Bertz CT molecular complexity index is 497. The first-order chi connectivity index (χ1) is 10.7. The lowest BCUT2D eigenvalue weighted by Crippen LogP contribution is -2.45. The number of dihydropyridines is 1. The molecule has 0 spiro atoms. The van der Waals surface area contributed by atoms with Gasteiger partial charge in [-0.05, 0) is 26.7 Å². The average molecular weight is 350 g/mol. The molecule has 0 aliphatic carbocycles. The summed E-state index contributed by atoms with van der Waals surface area (Å²) in [5.41, 5.74) is -0.769. The Morgan fingerprint density at radius 2 is 2.22 bits per heavy atom. The van der Waals surface area contributed by atoms with Crippen molar-refractivity contribution in [1.29, 1.82) is 0 Å². The summed E-state index contributed by atoms with van der Waals surface area (Å²) < 4.78 is 42.4. The number of thioether (sulfide) groups is 1. The van der Waals surface area contributed by atoms with Crippen LogP contribution in [0.1, 0.15) is 33.1 Å². The Hall–Kier alpha value is -1.02. The van der Waals surface area contributed by atoms with Crippen LogP contribution < -0.4 is 5.32 Å². The van der Waals surface area contributed by atoms with E-state index in [1.807, 2.05) is 0 Å². The SMILES string of the molecule is CC(C)(SCC1CCCO1)C(=O)NC1CC=C(C(F)(F)F)C=N1. The molecule has 4 nitrogen and oxygen atoms in total. The van der Waals surface area contributed by atoms with E-state index in [9.17, 15) is 18.0 Å². The largest absolute Gasteiger partial charge is 0.417 e. The lowest BCUT2D eigenvalue weighted by atomic mass is 10.1. The fourth-order valence-corrected chi connectivity index (χ4v) is 3.33. The molecule has 0 aromatic carbocycles.